The van der Waals surface area contributed by atoms with Gasteiger partial charge in [0.1, 0.15) is 0 Å². The van der Waals surface area contributed by atoms with Gasteiger partial charge in [-0.1, -0.05) is 18.2 Å². The summed E-state index contributed by atoms with van der Waals surface area (Å²) < 4.78 is 22.4. The first kappa shape index (κ1) is 22.4. The van der Waals surface area contributed by atoms with Crippen LogP contribution < -0.4 is 18.9 Å². The summed E-state index contributed by atoms with van der Waals surface area (Å²) in [5.41, 5.74) is 5.24. The Hall–Kier alpha value is -3.41. The van der Waals surface area contributed by atoms with Crippen LogP contribution in [0.15, 0.2) is 48.1 Å². The number of ether oxygens (including phenoxy) is 4. The highest BCUT2D eigenvalue weighted by atomic mass is 16.5. The first-order valence-electron chi connectivity index (χ1n) is 11.8. The van der Waals surface area contributed by atoms with Crippen molar-refractivity contribution in [2.75, 3.05) is 35.0 Å². The zero-order valence-electron chi connectivity index (χ0n) is 20.2. The Labute approximate surface area is 200 Å². The molecule has 0 saturated heterocycles. The molecule has 0 unspecified atom stereocenters. The molecule has 2 aliphatic carbocycles. The third-order valence-corrected chi connectivity index (χ3v) is 7.28. The summed E-state index contributed by atoms with van der Waals surface area (Å²) in [5.74, 6) is 2.67. The first-order valence-corrected chi connectivity index (χ1v) is 11.8. The highest BCUT2D eigenvalue weighted by molar-refractivity contribution is 5.99. The van der Waals surface area contributed by atoms with Gasteiger partial charge in [0, 0.05) is 24.1 Å². The van der Waals surface area contributed by atoms with Gasteiger partial charge in [-0.25, -0.2) is 0 Å². The van der Waals surface area contributed by atoms with E-state index in [-0.39, 0.29) is 17.9 Å². The van der Waals surface area contributed by atoms with Gasteiger partial charge in [-0.2, -0.15) is 0 Å². The normalized spacial score (nSPS) is 20.6. The molecule has 2 aromatic rings. The zero-order valence-corrected chi connectivity index (χ0v) is 20.2. The summed E-state index contributed by atoms with van der Waals surface area (Å²) in [6, 6.07) is 8.02. The van der Waals surface area contributed by atoms with Crippen molar-refractivity contribution in [3.05, 3.63) is 70.3 Å². The van der Waals surface area contributed by atoms with Crippen LogP contribution in [0, 0.1) is 0 Å². The molecule has 0 spiro atoms. The summed E-state index contributed by atoms with van der Waals surface area (Å²) in [6.07, 6.45) is 10.4. The second kappa shape index (κ2) is 9.09. The fourth-order valence-electron chi connectivity index (χ4n) is 5.64. The van der Waals surface area contributed by atoms with E-state index in [0.717, 1.165) is 37.0 Å². The fraction of sp³-hybridized carbons (Fsp3) is 0.393. The highest BCUT2D eigenvalue weighted by Crippen LogP contribution is 2.49. The van der Waals surface area contributed by atoms with E-state index in [0.29, 0.717) is 29.4 Å². The van der Waals surface area contributed by atoms with Crippen LogP contribution in [0.5, 0.6) is 23.0 Å². The average Bonchev–Trinajstić information content (AvgIpc) is 2.89. The smallest absolute Gasteiger partial charge is 0.254 e. The summed E-state index contributed by atoms with van der Waals surface area (Å²) >= 11 is 0. The summed E-state index contributed by atoms with van der Waals surface area (Å²) in [6.45, 7) is 0.604. The van der Waals surface area contributed by atoms with Crippen molar-refractivity contribution in [1.82, 2.24) is 4.90 Å². The van der Waals surface area contributed by atoms with Gasteiger partial charge in [-0.3, -0.25) is 4.79 Å². The minimum Gasteiger partial charge on any atom is -0.493 e. The molecule has 2 atom stereocenters. The minimum absolute atomic E-state index is 0.00392. The Morgan fingerprint density at radius 2 is 1.50 bits per heavy atom. The maximum Gasteiger partial charge on any atom is 0.254 e. The monoisotopic (exact) mass is 461 g/mol. The van der Waals surface area contributed by atoms with E-state index in [4.69, 9.17) is 18.9 Å². The molecule has 0 N–H and O–H groups in total. The number of nitrogens with zero attached hydrogens (tertiary/aromatic N) is 1. The lowest BCUT2D eigenvalue weighted by Crippen LogP contribution is -2.50. The van der Waals surface area contributed by atoms with E-state index in [9.17, 15) is 4.79 Å². The number of amides is 1. The summed E-state index contributed by atoms with van der Waals surface area (Å²) in [7, 11) is 6.55. The second-order valence-electron chi connectivity index (χ2n) is 8.98. The van der Waals surface area contributed by atoms with Crippen LogP contribution in [0.4, 0.5) is 0 Å². The maximum absolute atomic E-state index is 13.9. The van der Waals surface area contributed by atoms with Crippen molar-refractivity contribution < 1.29 is 23.7 Å². The largest absolute Gasteiger partial charge is 0.493 e. The number of aryl methyl sites for hydroxylation is 1. The molecule has 6 heteroatoms. The van der Waals surface area contributed by atoms with Crippen LogP contribution in [0.1, 0.15) is 52.2 Å². The Morgan fingerprint density at radius 1 is 0.853 bits per heavy atom. The van der Waals surface area contributed by atoms with Gasteiger partial charge in [0.25, 0.3) is 5.91 Å². The number of hydrogen-bond donors (Lipinski definition) is 0. The standard InChI is InChI=1S/C28H31NO5/c1-31-23-12-18-10-11-22-27(19(18)13-24(23)32-2)20-14-25(33-3)26(34-4)15-21(20)28(30)29(22)16-17-8-6-5-7-9-17/h6,8-9,12-15,22,27H,5,7,10-11,16H2,1-4H3/t22-,27+/m1/s1. The predicted octanol–water partition coefficient (Wildman–Crippen LogP) is 4.90. The van der Waals surface area contributed by atoms with Crippen LogP contribution in [0.3, 0.4) is 0 Å². The number of benzene rings is 2. The van der Waals surface area contributed by atoms with E-state index in [1.165, 1.54) is 16.7 Å². The van der Waals surface area contributed by atoms with Crippen molar-refractivity contribution in [1.29, 1.82) is 0 Å². The predicted molar refractivity (Wildman–Crippen MR) is 131 cm³/mol. The Balaban J connectivity index is 1.69. The quantitative estimate of drug-likeness (QED) is 0.613. The Morgan fingerprint density at radius 3 is 2.15 bits per heavy atom. The third-order valence-electron chi connectivity index (χ3n) is 7.28. The number of carbonyl (C=O) groups excluding carboxylic acids is 1. The second-order valence-corrected chi connectivity index (χ2v) is 8.98. The third kappa shape index (κ3) is 3.61. The summed E-state index contributed by atoms with van der Waals surface area (Å²) in [5, 5.41) is 0. The highest BCUT2D eigenvalue weighted by Gasteiger charge is 2.44. The SMILES string of the molecule is COc1cc2c(cc1OC)[C@H]1c3cc(OC)c(OC)cc3C(=O)N(CC3=CCCC=C3)[C@@H]1CC2. The van der Waals surface area contributed by atoms with Gasteiger partial charge in [0.15, 0.2) is 23.0 Å². The van der Waals surface area contributed by atoms with Crippen molar-refractivity contribution in [2.45, 2.75) is 37.6 Å². The van der Waals surface area contributed by atoms with Crippen molar-refractivity contribution in [2.24, 2.45) is 0 Å². The molecule has 0 bridgehead atoms. The number of methoxy groups -OCH3 is 4. The molecule has 0 fully saturated rings. The van der Waals surface area contributed by atoms with Gasteiger partial charge >= 0.3 is 0 Å². The first-order chi connectivity index (χ1) is 16.6. The molecule has 2 aromatic carbocycles. The van der Waals surface area contributed by atoms with E-state index in [1.54, 1.807) is 28.4 Å². The zero-order chi connectivity index (χ0) is 23.8. The van der Waals surface area contributed by atoms with Gasteiger partial charge in [-0.15, -0.1) is 0 Å². The molecule has 178 valence electrons. The van der Waals surface area contributed by atoms with Crippen LogP contribution in [0.25, 0.3) is 0 Å². The average molecular weight is 462 g/mol. The van der Waals surface area contributed by atoms with Gasteiger partial charge < -0.3 is 23.8 Å². The van der Waals surface area contributed by atoms with Crippen molar-refractivity contribution in [3.63, 3.8) is 0 Å². The lowest BCUT2D eigenvalue weighted by atomic mass is 9.71. The maximum atomic E-state index is 13.9. The molecule has 0 radical (unpaired) electrons. The van der Waals surface area contributed by atoms with Gasteiger partial charge in [-0.05, 0) is 72.2 Å². The lowest BCUT2D eigenvalue weighted by Gasteiger charge is -2.46. The Bertz CT molecular complexity index is 1180. The Kier molecular flexibility index (Phi) is 5.98. The van der Waals surface area contributed by atoms with Crippen LogP contribution in [-0.4, -0.2) is 51.8 Å². The molecule has 1 heterocycles. The molecule has 0 saturated carbocycles. The topological polar surface area (TPSA) is 57.2 Å². The van der Waals surface area contributed by atoms with Crippen LogP contribution in [-0.2, 0) is 6.42 Å². The summed E-state index contributed by atoms with van der Waals surface area (Å²) in [4.78, 5) is 15.9. The molecule has 34 heavy (non-hydrogen) atoms. The van der Waals surface area contributed by atoms with E-state index in [2.05, 4.69) is 35.3 Å². The van der Waals surface area contributed by atoms with Gasteiger partial charge in [0.2, 0.25) is 0 Å². The van der Waals surface area contributed by atoms with E-state index >= 15 is 0 Å². The molecule has 5 rings (SSSR count). The molecular formula is C28H31NO5. The van der Waals surface area contributed by atoms with Gasteiger partial charge in [0.05, 0.1) is 28.4 Å². The molecular weight excluding hydrogens is 430 g/mol. The number of rotatable bonds is 6. The number of fused-ring (bicyclic) bond motifs is 5. The molecule has 1 amide bonds. The van der Waals surface area contributed by atoms with E-state index < -0.39 is 0 Å². The molecule has 0 aromatic heterocycles. The lowest BCUT2D eigenvalue weighted by molar-refractivity contribution is 0.0631. The molecule has 6 nitrogen and oxygen atoms in total. The van der Waals surface area contributed by atoms with Crippen LogP contribution >= 0.6 is 0 Å². The number of carbonyl (C=O) groups is 1. The van der Waals surface area contributed by atoms with Crippen molar-refractivity contribution in [3.8, 4) is 23.0 Å². The molecule has 1 aliphatic heterocycles. The number of hydrogen-bond acceptors (Lipinski definition) is 5. The van der Waals surface area contributed by atoms with Crippen molar-refractivity contribution >= 4 is 5.91 Å². The molecule has 3 aliphatic rings. The van der Waals surface area contributed by atoms with Crippen LogP contribution in [0.2, 0.25) is 0 Å². The minimum atomic E-state index is 0.00392. The number of allylic oxidation sites excluding steroid dienone is 2. The fourth-order valence-corrected chi connectivity index (χ4v) is 5.64. The van der Waals surface area contributed by atoms with E-state index in [1.807, 2.05) is 12.1 Å².